The van der Waals surface area contributed by atoms with E-state index in [4.69, 9.17) is 15.9 Å². The molecule has 0 bridgehead atoms. The lowest BCUT2D eigenvalue weighted by Gasteiger charge is -2.05. The van der Waals surface area contributed by atoms with Gasteiger partial charge in [0.25, 0.3) is 5.91 Å². The van der Waals surface area contributed by atoms with E-state index in [0.29, 0.717) is 11.0 Å². The minimum Gasteiger partial charge on any atom is -0.439 e. The Bertz CT molecular complexity index is 694. The van der Waals surface area contributed by atoms with Crippen LogP contribution in [0.15, 0.2) is 21.3 Å². The molecule has 0 atom stereocenters. The van der Waals surface area contributed by atoms with Crippen molar-refractivity contribution >= 4 is 67.9 Å². The summed E-state index contributed by atoms with van der Waals surface area (Å²) in [6.45, 7) is 0. The van der Waals surface area contributed by atoms with Gasteiger partial charge in [-0.05, 0) is 57.3 Å². The van der Waals surface area contributed by atoms with Gasteiger partial charge in [-0.25, -0.2) is 0 Å². The average Bonchev–Trinajstić information content (AvgIpc) is 2.19. The number of rotatable bonds is 1. The first-order chi connectivity index (χ1) is 7.91. The van der Waals surface area contributed by atoms with Crippen LogP contribution >= 0.6 is 45.2 Å². The van der Waals surface area contributed by atoms with Gasteiger partial charge in [-0.3, -0.25) is 9.59 Å². The Morgan fingerprint density at radius 1 is 1.29 bits per heavy atom. The summed E-state index contributed by atoms with van der Waals surface area (Å²) < 4.78 is 6.91. The summed E-state index contributed by atoms with van der Waals surface area (Å²) in [5.41, 5.74) is 10.2. The van der Waals surface area contributed by atoms with Gasteiger partial charge in [-0.2, -0.15) is 0 Å². The number of carbonyl (C=O) groups excluding carboxylic acids is 1. The van der Waals surface area contributed by atoms with Crippen molar-refractivity contribution in [2.75, 3.05) is 5.73 Å². The SMILES string of the molecule is NC(=O)c1c(N)oc2c(I)cc(I)cc2c1=O. The molecule has 0 unspecified atom stereocenters. The Morgan fingerprint density at radius 2 is 1.94 bits per heavy atom. The molecule has 0 fully saturated rings. The van der Waals surface area contributed by atoms with Crippen molar-refractivity contribution in [2.24, 2.45) is 5.73 Å². The number of primary amides is 1. The maximum Gasteiger partial charge on any atom is 0.258 e. The van der Waals surface area contributed by atoms with Gasteiger partial charge in [0.2, 0.25) is 11.3 Å². The highest BCUT2D eigenvalue weighted by Crippen LogP contribution is 2.24. The van der Waals surface area contributed by atoms with Crippen molar-refractivity contribution < 1.29 is 9.21 Å². The number of anilines is 1. The van der Waals surface area contributed by atoms with E-state index in [1.54, 1.807) is 6.07 Å². The third-order valence-electron chi connectivity index (χ3n) is 2.18. The van der Waals surface area contributed by atoms with E-state index >= 15 is 0 Å². The van der Waals surface area contributed by atoms with Crippen molar-refractivity contribution in [1.29, 1.82) is 0 Å². The lowest BCUT2D eigenvalue weighted by Crippen LogP contribution is -2.23. The average molecular weight is 456 g/mol. The zero-order chi connectivity index (χ0) is 12.7. The first-order valence-corrected chi connectivity index (χ1v) is 6.58. The van der Waals surface area contributed by atoms with E-state index in [-0.39, 0.29) is 11.4 Å². The van der Waals surface area contributed by atoms with E-state index in [0.717, 1.165) is 7.14 Å². The Kier molecular flexibility index (Phi) is 3.30. The molecule has 5 nitrogen and oxygen atoms in total. The zero-order valence-corrected chi connectivity index (χ0v) is 12.6. The highest BCUT2D eigenvalue weighted by atomic mass is 127. The van der Waals surface area contributed by atoms with Crippen LogP contribution in [0.25, 0.3) is 11.0 Å². The van der Waals surface area contributed by atoms with Gasteiger partial charge in [0.15, 0.2) is 5.58 Å². The van der Waals surface area contributed by atoms with Gasteiger partial charge in [0.1, 0.15) is 5.56 Å². The molecule has 0 saturated heterocycles. The molecular weight excluding hydrogens is 450 g/mol. The van der Waals surface area contributed by atoms with Crippen LogP contribution in [-0.4, -0.2) is 5.91 Å². The summed E-state index contributed by atoms with van der Waals surface area (Å²) in [5, 5.41) is 0.310. The second-order valence-corrected chi connectivity index (χ2v) is 5.71. The maximum atomic E-state index is 12.0. The van der Waals surface area contributed by atoms with Gasteiger partial charge < -0.3 is 15.9 Å². The molecule has 1 aromatic carbocycles. The largest absolute Gasteiger partial charge is 0.439 e. The number of halogens is 2. The monoisotopic (exact) mass is 456 g/mol. The number of fused-ring (bicyclic) bond motifs is 1. The minimum absolute atomic E-state index is 0.242. The van der Waals surface area contributed by atoms with Gasteiger partial charge >= 0.3 is 0 Å². The highest BCUT2D eigenvalue weighted by molar-refractivity contribution is 14.1. The molecule has 1 heterocycles. The van der Waals surface area contributed by atoms with Gasteiger partial charge in [-0.1, -0.05) is 0 Å². The summed E-state index contributed by atoms with van der Waals surface area (Å²) in [5.74, 6) is -1.12. The second-order valence-electron chi connectivity index (χ2n) is 3.30. The van der Waals surface area contributed by atoms with Crippen molar-refractivity contribution in [3.63, 3.8) is 0 Å². The van der Waals surface area contributed by atoms with Crippen molar-refractivity contribution in [3.8, 4) is 0 Å². The van der Waals surface area contributed by atoms with Crippen LogP contribution < -0.4 is 16.9 Å². The van der Waals surface area contributed by atoms with Crippen LogP contribution in [0.5, 0.6) is 0 Å². The fraction of sp³-hybridized carbons (Fsp3) is 0. The van der Waals surface area contributed by atoms with Crippen LogP contribution in [0, 0.1) is 7.14 Å². The van der Waals surface area contributed by atoms with E-state index in [1.165, 1.54) is 0 Å². The van der Waals surface area contributed by atoms with Crippen LogP contribution in [0.1, 0.15) is 10.4 Å². The lowest BCUT2D eigenvalue weighted by atomic mass is 10.1. The molecule has 0 spiro atoms. The fourth-order valence-electron chi connectivity index (χ4n) is 1.47. The molecule has 0 saturated carbocycles. The molecule has 0 aliphatic carbocycles. The lowest BCUT2D eigenvalue weighted by molar-refractivity contribution is 0.0999. The van der Waals surface area contributed by atoms with E-state index < -0.39 is 11.3 Å². The predicted octanol–water partition coefficient (Wildman–Crippen LogP) is 1.68. The van der Waals surface area contributed by atoms with E-state index in [2.05, 4.69) is 22.6 Å². The molecule has 17 heavy (non-hydrogen) atoms. The van der Waals surface area contributed by atoms with Crippen molar-refractivity contribution in [2.45, 2.75) is 0 Å². The number of nitrogen functional groups attached to an aromatic ring is 1. The maximum absolute atomic E-state index is 12.0. The predicted molar refractivity (Wildman–Crippen MR) is 80.8 cm³/mol. The molecule has 2 aromatic rings. The number of nitrogens with two attached hydrogens (primary N) is 2. The van der Waals surface area contributed by atoms with Crippen LogP contribution in [-0.2, 0) is 0 Å². The first kappa shape index (κ1) is 12.6. The third kappa shape index (κ3) is 2.12. The number of hydrogen-bond donors (Lipinski definition) is 2. The molecule has 1 aromatic heterocycles. The summed E-state index contributed by atoms with van der Waals surface area (Å²) in [4.78, 5) is 23.2. The standard InChI is InChI=1S/C10H6I2N2O3/c11-3-1-4-7(15)6(9(13)16)10(14)17-8(4)5(12)2-3/h1-2H,14H2,(H2,13,16). The number of benzene rings is 1. The Hall–Kier alpha value is -0.840. The summed E-state index contributed by atoms with van der Waals surface area (Å²) in [6, 6.07) is 3.48. The number of amides is 1. The molecule has 0 aliphatic rings. The van der Waals surface area contributed by atoms with Crippen molar-refractivity contribution in [3.05, 3.63) is 35.1 Å². The van der Waals surface area contributed by atoms with Crippen LogP contribution in [0.3, 0.4) is 0 Å². The smallest absolute Gasteiger partial charge is 0.258 e. The Morgan fingerprint density at radius 3 is 2.53 bits per heavy atom. The van der Waals surface area contributed by atoms with Crippen LogP contribution in [0.2, 0.25) is 0 Å². The molecule has 0 aliphatic heterocycles. The summed E-state index contributed by atoms with van der Waals surface area (Å²) >= 11 is 4.11. The molecule has 4 N–H and O–H groups in total. The molecule has 88 valence electrons. The minimum atomic E-state index is -0.882. The molecule has 7 heteroatoms. The molecule has 1 amide bonds. The first-order valence-electron chi connectivity index (χ1n) is 4.43. The highest BCUT2D eigenvalue weighted by Gasteiger charge is 2.18. The Balaban J connectivity index is 3.03. The van der Waals surface area contributed by atoms with Gasteiger partial charge in [-0.15, -0.1) is 0 Å². The topological polar surface area (TPSA) is 99.3 Å². The Labute approximate surface area is 123 Å². The van der Waals surface area contributed by atoms with E-state index in [1.807, 2.05) is 28.7 Å². The molecule has 2 rings (SSSR count). The number of carbonyl (C=O) groups is 1. The third-order valence-corrected chi connectivity index (χ3v) is 3.61. The summed E-state index contributed by atoms with van der Waals surface area (Å²) in [6.07, 6.45) is 0. The van der Waals surface area contributed by atoms with E-state index in [9.17, 15) is 9.59 Å². The second kappa shape index (κ2) is 4.44. The zero-order valence-electron chi connectivity index (χ0n) is 8.29. The molecule has 0 radical (unpaired) electrons. The molecular formula is C10H6I2N2O3. The van der Waals surface area contributed by atoms with Gasteiger partial charge in [0, 0.05) is 3.57 Å². The van der Waals surface area contributed by atoms with Gasteiger partial charge in [0.05, 0.1) is 8.96 Å². The van der Waals surface area contributed by atoms with Crippen molar-refractivity contribution in [1.82, 2.24) is 0 Å². The fourth-order valence-corrected chi connectivity index (χ4v) is 3.43. The summed E-state index contributed by atoms with van der Waals surface area (Å²) in [7, 11) is 0. The van der Waals surface area contributed by atoms with Crippen LogP contribution in [0.4, 0.5) is 5.88 Å². The number of hydrogen-bond acceptors (Lipinski definition) is 4. The normalized spacial score (nSPS) is 10.7. The quantitative estimate of drug-likeness (QED) is 0.639.